The van der Waals surface area contributed by atoms with Gasteiger partial charge in [-0.1, -0.05) is 12.1 Å². The van der Waals surface area contributed by atoms with Gasteiger partial charge in [0.05, 0.1) is 23.7 Å². The molecule has 0 saturated heterocycles. The minimum Gasteiger partial charge on any atom is -0.443 e. The lowest BCUT2D eigenvalue weighted by atomic mass is 10.3. The Morgan fingerprint density at radius 1 is 1.21 bits per heavy atom. The van der Waals surface area contributed by atoms with Crippen molar-refractivity contribution < 1.29 is 4.42 Å². The minimum absolute atomic E-state index is 0.451. The first-order valence-electron chi connectivity index (χ1n) is 7.75. The number of nitrogens with zero attached hydrogens (tertiary/aromatic N) is 3. The molecule has 0 aromatic carbocycles. The second-order valence-electron chi connectivity index (χ2n) is 4.99. The van der Waals surface area contributed by atoms with Crippen molar-refractivity contribution in [1.82, 2.24) is 20.6 Å². The summed E-state index contributed by atoms with van der Waals surface area (Å²) in [7, 11) is 0. The van der Waals surface area contributed by atoms with E-state index in [1.165, 1.54) is 0 Å². The summed E-state index contributed by atoms with van der Waals surface area (Å²) in [5, 5.41) is 8.48. The van der Waals surface area contributed by atoms with Crippen molar-refractivity contribution in [3.63, 3.8) is 0 Å². The third-order valence-electron chi connectivity index (χ3n) is 3.19. The van der Waals surface area contributed by atoms with Crippen molar-refractivity contribution >= 4 is 17.3 Å². The van der Waals surface area contributed by atoms with Gasteiger partial charge in [0.2, 0.25) is 5.89 Å². The van der Waals surface area contributed by atoms with Crippen LogP contribution in [0.1, 0.15) is 18.3 Å². The summed E-state index contributed by atoms with van der Waals surface area (Å²) in [6, 6.07) is 9.81. The fourth-order valence-corrected chi connectivity index (χ4v) is 2.73. The fraction of sp³-hybridized carbons (Fsp3) is 0.235. The van der Waals surface area contributed by atoms with Gasteiger partial charge in [0.15, 0.2) is 5.96 Å². The Morgan fingerprint density at radius 3 is 2.92 bits per heavy atom. The maximum absolute atomic E-state index is 5.51. The molecule has 124 valence electrons. The van der Waals surface area contributed by atoms with E-state index in [-0.39, 0.29) is 0 Å². The van der Waals surface area contributed by atoms with Crippen LogP contribution in [0.4, 0.5) is 0 Å². The number of guanidine groups is 1. The summed E-state index contributed by atoms with van der Waals surface area (Å²) >= 11 is 1.60. The molecule has 0 unspecified atom stereocenters. The molecule has 24 heavy (non-hydrogen) atoms. The number of aromatic nitrogens is 2. The van der Waals surface area contributed by atoms with Crippen LogP contribution in [-0.2, 0) is 13.1 Å². The van der Waals surface area contributed by atoms with Crippen LogP contribution >= 0.6 is 11.3 Å². The van der Waals surface area contributed by atoms with Crippen molar-refractivity contribution in [2.75, 3.05) is 6.54 Å². The molecular weight excluding hydrogens is 322 g/mol. The maximum atomic E-state index is 5.51. The van der Waals surface area contributed by atoms with Crippen LogP contribution < -0.4 is 10.6 Å². The van der Waals surface area contributed by atoms with E-state index >= 15 is 0 Å². The van der Waals surface area contributed by atoms with Crippen molar-refractivity contribution in [2.24, 2.45) is 4.99 Å². The Morgan fingerprint density at radius 2 is 2.17 bits per heavy atom. The molecule has 0 amide bonds. The highest BCUT2D eigenvalue weighted by Crippen LogP contribution is 2.23. The Bertz CT molecular complexity index is 767. The molecule has 0 radical (unpaired) electrons. The molecule has 3 aromatic heterocycles. The van der Waals surface area contributed by atoms with Gasteiger partial charge >= 0.3 is 0 Å². The smallest absolute Gasteiger partial charge is 0.236 e. The molecule has 0 saturated carbocycles. The Kier molecular flexibility index (Phi) is 5.57. The molecule has 0 fully saturated rings. The van der Waals surface area contributed by atoms with E-state index < -0.39 is 0 Å². The van der Waals surface area contributed by atoms with E-state index in [0.29, 0.717) is 19.0 Å². The van der Waals surface area contributed by atoms with Crippen LogP contribution in [0.3, 0.4) is 0 Å². The molecule has 0 atom stereocenters. The third-order valence-corrected chi connectivity index (χ3v) is 4.05. The largest absolute Gasteiger partial charge is 0.443 e. The first-order valence-corrected chi connectivity index (χ1v) is 8.63. The average Bonchev–Trinajstić information content (AvgIpc) is 3.29. The van der Waals surface area contributed by atoms with E-state index in [0.717, 1.165) is 28.8 Å². The number of aliphatic imine (C=N–C) groups is 1. The topological polar surface area (TPSA) is 75.3 Å². The zero-order valence-corrected chi connectivity index (χ0v) is 14.2. The average molecular weight is 341 g/mol. The third kappa shape index (κ3) is 4.42. The molecule has 3 aromatic rings. The highest BCUT2D eigenvalue weighted by molar-refractivity contribution is 7.13. The molecule has 3 rings (SSSR count). The normalized spacial score (nSPS) is 11.5. The van der Waals surface area contributed by atoms with Gasteiger partial charge < -0.3 is 15.1 Å². The van der Waals surface area contributed by atoms with Crippen molar-refractivity contribution in [1.29, 1.82) is 0 Å². The SMILES string of the molecule is CCNC(=NCc1coc(-c2cccs2)n1)NCc1ccccn1. The highest BCUT2D eigenvalue weighted by atomic mass is 32.1. The van der Waals surface area contributed by atoms with Crippen LogP contribution in [0.2, 0.25) is 0 Å². The van der Waals surface area contributed by atoms with Gasteiger partial charge in [-0.2, -0.15) is 0 Å². The maximum Gasteiger partial charge on any atom is 0.236 e. The summed E-state index contributed by atoms with van der Waals surface area (Å²) in [5.74, 6) is 1.37. The van der Waals surface area contributed by atoms with Gasteiger partial charge in [0, 0.05) is 12.7 Å². The Labute approximate surface area is 144 Å². The van der Waals surface area contributed by atoms with E-state index in [1.54, 1.807) is 23.8 Å². The first-order chi connectivity index (χ1) is 11.8. The molecule has 0 bridgehead atoms. The number of pyridine rings is 1. The van der Waals surface area contributed by atoms with Gasteiger partial charge in [-0.15, -0.1) is 11.3 Å². The lowest BCUT2D eigenvalue weighted by Gasteiger charge is -2.10. The number of hydrogen-bond donors (Lipinski definition) is 2. The van der Waals surface area contributed by atoms with Gasteiger partial charge in [0.1, 0.15) is 12.0 Å². The summed E-state index contributed by atoms with van der Waals surface area (Å²) in [6.45, 7) is 3.88. The standard InChI is InChI=1S/C17H19N5OS/c1-2-18-17(20-10-13-6-3-4-8-19-13)21-11-14-12-23-16(22-14)15-7-5-9-24-15/h3-9,12H,2,10-11H2,1H3,(H2,18,20,21). The minimum atomic E-state index is 0.451. The summed E-state index contributed by atoms with van der Waals surface area (Å²) in [4.78, 5) is 14.3. The molecule has 0 spiro atoms. The van der Waals surface area contributed by atoms with Gasteiger partial charge in [-0.3, -0.25) is 4.98 Å². The van der Waals surface area contributed by atoms with E-state index in [4.69, 9.17) is 4.42 Å². The van der Waals surface area contributed by atoms with Gasteiger partial charge in [-0.05, 0) is 30.5 Å². The first kappa shape index (κ1) is 16.2. The molecule has 2 N–H and O–H groups in total. The number of nitrogens with one attached hydrogen (secondary N) is 2. The molecular formula is C17H19N5OS. The zero-order chi connectivity index (χ0) is 16.6. The van der Waals surface area contributed by atoms with Crippen LogP contribution in [0.15, 0.2) is 57.6 Å². The second kappa shape index (κ2) is 8.26. The number of rotatable bonds is 6. The lowest BCUT2D eigenvalue weighted by molar-refractivity contribution is 0.574. The predicted molar refractivity (Wildman–Crippen MR) is 95.7 cm³/mol. The number of oxazole rings is 1. The summed E-state index contributed by atoms with van der Waals surface area (Å²) < 4.78 is 5.51. The quantitative estimate of drug-likeness (QED) is 0.532. The number of hydrogen-bond acceptors (Lipinski definition) is 5. The summed E-state index contributed by atoms with van der Waals surface area (Å²) in [6.07, 6.45) is 3.43. The van der Waals surface area contributed by atoms with Gasteiger partial charge in [0.25, 0.3) is 0 Å². The lowest BCUT2D eigenvalue weighted by Crippen LogP contribution is -2.37. The van der Waals surface area contributed by atoms with E-state index in [2.05, 4.69) is 25.6 Å². The molecule has 0 aliphatic rings. The molecule has 6 nitrogen and oxygen atoms in total. The Balaban J connectivity index is 1.61. The molecule has 0 aliphatic heterocycles. The highest BCUT2D eigenvalue weighted by Gasteiger charge is 2.07. The van der Waals surface area contributed by atoms with Gasteiger partial charge in [-0.25, -0.2) is 9.98 Å². The molecule has 0 aliphatic carbocycles. The Hall–Kier alpha value is -2.67. The van der Waals surface area contributed by atoms with Crippen molar-refractivity contribution in [3.05, 3.63) is 59.6 Å². The van der Waals surface area contributed by atoms with Crippen molar-refractivity contribution in [3.8, 4) is 10.8 Å². The molecule has 3 heterocycles. The predicted octanol–water partition coefficient (Wildman–Crippen LogP) is 3.05. The van der Waals surface area contributed by atoms with Crippen LogP contribution in [0.25, 0.3) is 10.8 Å². The second-order valence-corrected chi connectivity index (χ2v) is 5.94. The zero-order valence-electron chi connectivity index (χ0n) is 13.4. The van der Waals surface area contributed by atoms with Crippen molar-refractivity contribution in [2.45, 2.75) is 20.0 Å². The van der Waals surface area contributed by atoms with E-state index in [9.17, 15) is 0 Å². The monoisotopic (exact) mass is 341 g/mol. The van der Waals surface area contributed by atoms with Crippen LogP contribution in [-0.4, -0.2) is 22.5 Å². The molecule has 7 heteroatoms. The fourth-order valence-electron chi connectivity index (χ4n) is 2.07. The number of thiophene rings is 1. The van der Waals surface area contributed by atoms with Crippen LogP contribution in [0, 0.1) is 0 Å². The summed E-state index contributed by atoms with van der Waals surface area (Å²) in [5.41, 5.74) is 1.76. The van der Waals surface area contributed by atoms with E-state index in [1.807, 2.05) is 42.6 Å². The van der Waals surface area contributed by atoms with Crippen LogP contribution in [0.5, 0.6) is 0 Å².